The number of carbonyl (C=O) groups excluding carboxylic acids is 1. The van der Waals surface area contributed by atoms with Crippen LogP contribution in [0.4, 0.5) is 0 Å². The zero-order valence-corrected chi connectivity index (χ0v) is 11.5. The standard InChI is InChI=1S/C13H23N3O/c1-9(2)8-16-11(4)12(10(3)15-16)6-7-13(17)14-5/h9H,6-8H2,1-5H3,(H,14,17). The molecule has 1 heterocycles. The molecule has 0 spiro atoms. The summed E-state index contributed by atoms with van der Waals surface area (Å²) in [5, 5.41) is 7.19. The van der Waals surface area contributed by atoms with Gasteiger partial charge in [-0.3, -0.25) is 9.48 Å². The van der Waals surface area contributed by atoms with Crippen LogP contribution in [0.3, 0.4) is 0 Å². The molecule has 1 N–H and O–H groups in total. The first-order chi connectivity index (χ1) is 7.95. The molecule has 0 atom stereocenters. The Morgan fingerprint density at radius 2 is 2.06 bits per heavy atom. The van der Waals surface area contributed by atoms with Crippen LogP contribution in [0.1, 0.15) is 37.2 Å². The Labute approximate surface area is 103 Å². The first-order valence-electron chi connectivity index (χ1n) is 6.19. The maximum Gasteiger partial charge on any atom is 0.220 e. The van der Waals surface area contributed by atoms with E-state index in [1.54, 1.807) is 7.05 Å². The molecule has 0 saturated carbocycles. The summed E-state index contributed by atoms with van der Waals surface area (Å²) >= 11 is 0. The average molecular weight is 237 g/mol. The summed E-state index contributed by atoms with van der Waals surface area (Å²) in [5.41, 5.74) is 3.46. The van der Waals surface area contributed by atoms with E-state index in [1.165, 1.54) is 11.3 Å². The van der Waals surface area contributed by atoms with E-state index < -0.39 is 0 Å². The molecule has 1 aromatic rings. The molecule has 0 fully saturated rings. The second-order valence-corrected chi connectivity index (χ2v) is 4.90. The molecule has 1 aromatic heterocycles. The monoisotopic (exact) mass is 237 g/mol. The van der Waals surface area contributed by atoms with E-state index >= 15 is 0 Å². The number of nitrogens with one attached hydrogen (secondary N) is 1. The highest BCUT2D eigenvalue weighted by Crippen LogP contribution is 2.16. The largest absolute Gasteiger partial charge is 0.359 e. The van der Waals surface area contributed by atoms with Crippen LogP contribution in [-0.4, -0.2) is 22.7 Å². The predicted octanol–water partition coefficient (Wildman–Crippen LogP) is 1.83. The second kappa shape index (κ2) is 5.84. The van der Waals surface area contributed by atoms with Crippen LogP contribution in [0.2, 0.25) is 0 Å². The third-order valence-electron chi connectivity index (χ3n) is 2.95. The molecule has 0 aliphatic rings. The van der Waals surface area contributed by atoms with E-state index in [0.29, 0.717) is 12.3 Å². The quantitative estimate of drug-likeness (QED) is 0.849. The molecule has 0 aromatic carbocycles. The molecular weight excluding hydrogens is 214 g/mol. The number of hydrogen-bond donors (Lipinski definition) is 1. The number of rotatable bonds is 5. The molecule has 17 heavy (non-hydrogen) atoms. The number of amides is 1. The molecule has 1 rings (SSSR count). The van der Waals surface area contributed by atoms with Gasteiger partial charge in [0.1, 0.15) is 0 Å². The van der Waals surface area contributed by atoms with Gasteiger partial charge in [-0.25, -0.2) is 0 Å². The molecule has 0 saturated heterocycles. The Morgan fingerprint density at radius 3 is 2.59 bits per heavy atom. The molecule has 96 valence electrons. The van der Waals surface area contributed by atoms with E-state index in [1.807, 2.05) is 6.92 Å². The summed E-state index contributed by atoms with van der Waals surface area (Å²) in [7, 11) is 1.67. The molecular formula is C13H23N3O. The number of hydrogen-bond acceptors (Lipinski definition) is 2. The van der Waals surface area contributed by atoms with E-state index in [0.717, 1.165) is 18.7 Å². The van der Waals surface area contributed by atoms with Crippen LogP contribution in [0, 0.1) is 19.8 Å². The van der Waals surface area contributed by atoms with E-state index in [4.69, 9.17) is 0 Å². The minimum absolute atomic E-state index is 0.0837. The van der Waals surface area contributed by atoms with Crippen LogP contribution in [0.25, 0.3) is 0 Å². The summed E-state index contributed by atoms with van der Waals surface area (Å²) in [6, 6.07) is 0. The van der Waals surface area contributed by atoms with E-state index in [2.05, 4.69) is 35.9 Å². The lowest BCUT2D eigenvalue weighted by molar-refractivity contribution is -0.120. The van der Waals surface area contributed by atoms with Crippen molar-refractivity contribution in [2.45, 2.75) is 47.1 Å². The van der Waals surface area contributed by atoms with Crippen molar-refractivity contribution in [3.05, 3.63) is 17.0 Å². The van der Waals surface area contributed by atoms with Crippen molar-refractivity contribution in [1.82, 2.24) is 15.1 Å². The fourth-order valence-electron chi connectivity index (χ4n) is 1.98. The first-order valence-corrected chi connectivity index (χ1v) is 6.19. The third kappa shape index (κ3) is 3.58. The Kier molecular flexibility index (Phi) is 4.73. The highest BCUT2D eigenvalue weighted by Gasteiger charge is 2.13. The second-order valence-electron chi connectivity index (χ2n) is 4.90. The normalized spacial score (nSPS) is 10.9. The lowest BCUT2D eigenvalue weighted by atomic mass is 10.1. The van der Waals surface area contributed by atoms with Crippen molar-refractivity contribution >= 4 is 5.91 Å². The van der Waals surface area contributed by atoms with Gasteiger partial charge in [0.15, 0.2) is 0 Å². The lowest BCUT2D eigenvalue weighted by Gasteiger charge is -2.07. The van der Waals surface area contributed by atoms with Gasteiger partial charge in [-0.1, -0.05) is 13.8 Å². The number of aromatic nitrogens is 2. The summed E-state index contributed by atoms with van der Waals surface area (Å²) in [4.78, 5) is 11.3. The first kappa shape index (κ1) is 13.7. The number of aryl methyl sites for hydroxylation is 1. The smallest absolute Gasteiger partial charge is 0.220 e. The maximum atomic E-state index is 11.3. The molecule has 0 aliphatic carbocycles. The summed E-state index contributed by atoms with van der Waals surface area (Å²) in [5.74, 6) is 0.667. The van der Waals surface area contributed by atoms with Gasteiger partial charge in [-0.15, -0.1) is 0 Å². The van der Waals surface area contributed by atoms with Gasteiger partial charge in [-0.2, -0.15) is 5.10 Å². The summed E-state index contributed by atoms with van der Waals surface area (Å²) in [6.45, 7) is 9.40. The number of nitrogens with zero attached hydrogens (tertiary/aromatic N) is 2. The fourth-order valence-corrected chi connectivity index (χ4v) is 1.98. The van der Waals surface area contributed by atoms with Crippen molar-refractivity contribution in [1.29, 1.82) is 0 Å². The minimum Gasteiger partial charge on any atom is -0.359 e. The fraction of sp³-hybridized carbons (Fsp3) is 0.692. The molecule has 4 heteroatoms. The van der Waals surface area contributed by atoms with E-state index in [9.17, 15) is 4.79 Å². The van der Waals surface area contributed by atoms with Crippen LogP contribution in [0.15, 0.2) is 0 Å². The Bertz CT molecular complexity index is 394. The zero-order chi connectivity index (χ0) is 13.0. The molecule has 0 aliphatic heterocycles. The zero-order valence-electron chi connectivity index (χ0n) is 11.5. The summed E-state index contributed by atoms with van der Waals surface area (Å²) < 4.78 is 2.05. The highest BCUT2D eigenvalue weighted by molar-refractivity contribution is 5.75. The van der Waals surface area contributed by atoms with Crippen molar-refractivity contribution in [3.63, 3.8) is 0 Å². The molecule has 0 radical (unpaired) electrons. The summed E-state index contributed by atoms with van der Waals surface area (Å²) in [6.07, 6.45) is 1.31. The Hall–Kier alpha value is -1.32. The lowest BCUT2D eigenvalue weighted by Crippen LogP contribution is -2.18. The topological polar surface area (TPSA) is 46.9 Å². The SMILES string of the molecule is CNC(=O)CCc1c(C)nn(CC(C)C)c1C. The van der Waals surface area contributed by atoms with Gasteiger partial charge in [0.05, 0.1) is 5.69 Å². The van der Waals surface area contributed by atoms with Crippen molar-refractivity contribution in [2.24, 2.45) is 5.92 Å². The van der Waals surface area contributed by atoms with Crippen LogP contribution < -0.4 is 5.32 Å². The van der Waals surface area contributed by atoms with E-state index in [-0.39, 0.29) is 5.91 Å². The van der Waals surface area contributed by atoms with Gasteiger partial charge in [-0.05, 0) is 31.7 Å². The highest BCUT2D eigenvalue weighted by atomic mass is 16.1. The molecule has 0 unspecified atom stereocenters. The van der Waals surface area contributed by atoms with Gasteiger partial charge >= 0.3 is 0 Å². The molecule has 4 nitrogen and oxygen atoms in total. The van der Waals surface area contributed by atoms with Crippen molar-refractivity contribution in [3.8, 4) is 0 Å². The van der Waals surface area contributed by atoms with Crippen LogP contribution >= 0.6 is 0 Å². The van der Waals surface area contributed by atoms with Gasteiger partial charge in [0.2, 0.25) is 5.91 Å². The minimum atomic E-state index is 0.0837. The Balaban J connectivity index is 2.78. The van der Waals surface area contributed by atoms with Crippen LogP contribution in [0.5, 0.6) is 0 Å². The molecule has 1 amide bonds. The predicted molar refractivity (Wildman–Crippen MR) is 68.9 cm³/mol. The number of carbonyl (C=O) groups is 1. The van der Waals surface area contributed by atoms with Gasteiger partial charge in [0.25, 0.3) is 0 Å². The molecule has 0 bridgehead atoms. The Morgan fingerprint density at radius 1 is 1.41 bits per heavy atom. The maximum absolute atomic E-state index is 11.3. The van der Waals surface area contributed by atoms with Gasteiger partial charge < -0.3 is 5.32 Å². The van der Waals surface area contributed by atoms with Gasteiger partial charge in [0, 0.05) is 25.7 Å². The van der Waals surface area contributed by atoms with Crippen molar-refractivity contribution in [2.75, 3.05) is 7.05 Å². The van der Waals surface area contributed by atoms with Crippen LogP contribution in [-0.2, 0) is 17.8 Å². The average Bonchev–Trinajstić information content (AvgIpc) is 2.51. The van der Waals surface area contributed by atoms with Crippen molar-refractivity contribution < 1.29 is 4.79 Å². The third-order valence-corrected chi connectivity index (χ3v) is 2.95.